The largest absolute Gasteiger partial charge is 0.336 e. The molecular weight excluding hydrogens is 326 g/mol. The van der Waals surface area contributed by atoms with Crippen molar-refractivity contribution in [2.75, 3.05) is 25.5 Å². The monoisotopic (exact) mass is 361 g/mol. The molecule has 0 aliphatic rings. The van der Waals surface area contributed by atoms with Gasteiger partial charge in [-0.1, -0.05) is 32.0 Å². The molecule has 0 aliphatic carbocycles. The summed E-state index contributed by atoms with van der Waals surface area (Å²) in [5.74, 6) is -0.0209. The van der Waals surface area contributed by atoms with Gasteiger partial charge in [0, 0.05) is 17.8 Å². The molecule has 0 spiro atoms. The van der Waals surface area contributed by atoms with E-state index >= 15 is 0 Å². The van der Waals surface area contributed by atoms with Crippen molar-refractivity contribution in [1.29, 1.82) is 0 Å². The Kier molecular flexibility index (Phi) is 8.79. The maximum Gasteiger partial charge on any atom is 0.238 e. The van der Waals surface area contributed by atoms with Crippen molar-refractivity contribution in [3.05, 3.63) is 29.3 Å². The second-order valence-electron chi connectivity index (χ2n) is 7.30. The van der Waals surface area contributed by atoms with Crippen molar-refractivity contribution in [1.82, 2.24) is 9.80 Å². The van der Waals surface area contributed by atoms with Gasteiger partial charge in [-0.25, -0.2) is 0 Å². The number of hydrogen-bond donors (Lipinski definition) is 1. The van der Waals surface area contributed by atoms with Crippen LogP contribution in [0.2, 0.25) is 0 Å². The molecule has 0 radical (unpaired) electrons. The SMILES string of the molecule is CC[C@H](C)N(C(=O)CN(C)CC(=O)Nc1c(C)cccc1C)[C@@H](C)CC. The van der Waals surface area contributed by atoms with Gasteiger partial charge in [0.25, 0.3) is 0 Å². The number of hydrogen-bond acceptors (Lipinski definition) is 3. The van der Waals surface area contributed by atoms with Crippen LogP contribution in [-0.4, -0.2) is 53.8 Å². The van der Waals surface area contributed by atoms with Gasteiger partial charge in [0.1, 0.15) is 0 Å². The average molecular weight is 362 g/mol. The summed E-state index contributed by atoms with van der Waals surface area (Å²) < 4.78 is 0. The van der Waals surface area contributed by atoms with E-state index in [1.807, 2.05) is 44.0 Å². The molecule has 1 rings (SSSR count). The zero-order chi connectivity index (χ0) is 19.9. The molecule has 0 bridgehead atoms. The first-order valence-corrected chi connectivity index (χ1v) is 9.56. The fourth-order valence-electron chi connectivity index (χ4n) is 3.12. The van der Waals surface area contributed by atoms with E-state index in [-0.39, 0.29) is 37.0 Å². The molecule has 2 atom stereocenters. The number of para-hydroxylation sites is 1. The van der Waals surface area contributed by atoms with Crippen LogP contribution >= 0.6 is 0 Å². The quantitative estimate of drug-likeness (QED) is 0.731. The van der Waals surface area contributed by atoms with Gasteiger partial charge in [0.05, 0.1) is 13.1 Å². The first kappa shape index (κ1) is 22.2. The molecule has 2 amide bonds. The molecule has 1 N–H and O–H groups in total. The topological polar surface area (TPSA) is 52.7 Å². The molecule has 0 heterocycles. The zero-order valence-electron chi connectivity index (χ0n) is 17.4. The Morgan fingerprint density at radius 3 is 1.96 bits per heavy atom. The maximum absolute atomic E-state index is 12.8. The van der Waals surface area contributed by atoms with Crippen molar-refractivity contribution in [2.45, 2.75) is 66.5 Å². The summed E-state index contributed by atoms with van der Waals surface area (Å²) >= 11 is 0. The van der Waals surface area contributed by atoms with Crippen molar-refractivity contribution in [3.63, 3.8) is 0 Å². The summed E-state index contributed by atoms with van der Waals surface area (Å²) in [5, 5.41) is 2.97. The molecule has 0 fully saturated rings. The minimum Gasteiger partial charge on any atom is -0.336 e. The van der Waals surface area contributed by atoms with E-state index in [0.29, 0.717) is 0 Å². The number of likely N-dealkylation sites (N-methyl/N-ethyl adjacent to an activating group) is 1. The number of amides is 2. The molecule has 0 aliphatic heterocycles. The Morgan fingerprint density at radius 2 is 1.50 bits per heavy atom. The molecule has 5 heteroatoms. The Morgan fingerprint density at radius 1 is 1.00 bits per heavy atom. The van der Waals surface area contributed by atoms with Crippen molar-refractivity contribution in [2.24, 2.45) is 0 Å². The van der Waals surface area contributed by atoms with Crippen LogP contribution in [0.1, 0.15) is 51.7 Å². The van der Waals surface area contributed by atoms with E-state index in [1.54, 1.807) is 4.90 Å². The highest BCUT2D eigenvalue weighted by Gasteiger charge is 2.24. The van der Waals surface area contributed by atoms with Crippen LogP contribution in [-0.2, 0) is 9.59 Å². The minimum atomic E-state index is -0.101. The standard InChI is InChI=1S/C21H35N3O2/c1-8-17(5)24(18(6)9-2)20(26)14-23(7)13-19(25)22-21-15(3)11-10-12-16(21)4/h10-12,17-18H,8-9,13-14H2,1-7H3,(H,22,25)/t17-,18-/m0/s1. The molecule has 1 aromatic rings. The van der Waals surface area contributed by atoms with Crippen LogP contribution in [0.15, 0.2) is 18.2 Å². The van der Waals surface area contributed by atoms with Crippen LogP contribution < -0.4 is 5.32 Å². The van der Waals surface area contributed by atoms with Crippen molar-refractivity contribution < 1.29 is 9.59 Å². The Bertz CT molecular complexity index is 585. The molecule has 5 nitrogen and oxygen atoms in total. The summed E-state index contributed by atoms with van der Waals surface area (Å²) in [6.45, 7) is 12.7. The lowest BCUT2D eigenvalue weighted by molar-refractivity contribution is -0.136. The average Bonchev–Trinajstić information content (AvgIpc) is 2.57. The van der Waals surface area contributed by atoms with Gasteiger partial charge >= 0.3 is 0 Å². The van der Waals surface area contributed by atoms with Crippen LogP contribution in [0.25, 0.3) is 0 Å². The van der Waals surface area contributed by atoms with Crippen LogP contribution in [0.5, 0.6) is 0 Å². The van der Waals surface area contributed by atoms with Crippen LogP contribution in [0.4, 0.5) is 5.69 Å². The predicted octanol–water partition coefficient (Wildman–Crippen LogP) is 3.60. The summed E-state index contributed by atoms with van der Waals surface area (Å²) in [4.78, 5) is 28.9. The van der Waals surface area contributed by atoms with Crippen LogP contribution in [0.3, 0.4) is 0 Å². The maximum atomic E-state index is 12.8. The van der Waals surface area contributed by atoms with Gasteiger partial charge < -0.3 is 10.2 Å². The number of carbonyl (C=O) groups excluding carboxylic acids is 2. The number of carbonyl (C=O) groups is 2. The lowest BCUT2D eigenvalue weighted by Gasteiger charge is -2.35. The molecule has 0 unspecified atom stereocenters. The fraction of sp³-hybridized carbons (Fsp3) is 0.619. The summed E-state index contributed by atoms with van der Waals surface area (Å²) in [6, 6.07) is 6.34. The normalized spacial score (nSPS) is 13.4. The number of anilines is 1. The Labute approximate surface area is 158 Å². The predicted molar refractivity (Wildman–Crippen MR) is 108 cm³/mol. The Balaban J connectivity index is 2.68. The fourth-order valence-corrected chi connectivity index (χ4v) is 3.12. The summed E-state index contributed by atoms with van der Waals surface area (Å²) in [5.41, 5.74) is 2.94. The van der Waals surface area contributed by atoms with Gasteiger partial charge in [-0.15, -0.1) is 0 Å². The second kappa shape index (κ2) is 10.3. The lowest BCUT2D eigenvalue weighted by Crippen LogP contribution is -2.49. The number of benzene rings is 1. The molecule has 0 saturated heterocycles. The number of aryl methyl sites for hydroxylation is 2. The Hall–Kier alpha value is -1.88. The lowest BCUT2D eigenvalue weighted by atomic mass is 10.1. The summed E-state index contributed by atoms with van der Waals surface area (Å²) in [6.07, 6.45) is 1.85. The third-order valence-electron chi connectivity index (χ3n) is 4.98. The van der Waals surface area contributed by atoms with Gasteiger partial charge in [-0.2, -0.15) is 0 Å². The molecular formula is C21H35N3O2. The van der Waals surface area contributed by atoms with Crippen LogP contribution in [0, 0.1) is 13.8 Å². The highest BCUT2D eigenvalue weighted by molar-refractivity contribution is 5.94. The van der Waals surface area contributed by atoms with E-state index in [2.05, 4.69) is 33.0 Å². The van der Waals surface area contributed by atoms with E-state index in [4.69, 9.17) is 0 Å². The zero-order valence-corrected chi connectivity index (χ0v) is 17.4. The number of rotatable bonds is 9. The van der Waals surface area contributed by atoms with Gasteiger partial charge in [-0.05, 0) is 58.7 Å². The first-order valence-electron chi connectivity index (χ1n) is 9.56. The van der Waals surface area contributed by atoms with E-state index in [0.717, 1.165) is 29.7 Å². The second-order valence-corrected chi connectivity index (χ2v) is 7.30. The van der Waals surface area contributed by atoms with E-state index in [1.165, 1.54) is 0 Å². The molecule has 0 aromatic heterocycles. The smallest absolute Gasteiger partial charge is 0.238 e. The third-order valence-corrected chi connectivity index (χ3v) is 4.98. The number of nitrogens with zero attached hydrogens (tertiary/aromatic N) is 2. The van der Waals surface area contributed by atoms with E-state index in [9.17, 15) is 9.59 Å². The summed E-state index contributed by atoms with van der Waals surface area (Å²) in [7, 11) is 1.81. The van der Waals surface area contributed by atoms with Gasteiger partial charge in [0.15, 0.2) is 0 Å². The number of nitrogens with one attached hydrogen (secondary N) is 1. The first-order chi connectivity index (χ1) is 12.2. The van der Waals surface area contributed by atoms with Gasteiger partial charge in [-0.3, -0.25) is 14.5 Å². The minimum absolute atomic E-state index is 0.0797. The molecule has 0 saturated carbocycles. The van der Waals surface area contributed by atoms with Gasteiger partial charge in [0.2, 0.25) is 11.8 Å². The van der Waals surface area contributed by atoms with Crippen molar-refractivity contribution in [3.8, 4) is 0 Å². The van der Waals surface area contributed by atoms with E-state index < -0.39 is 0 Å². The third kappa shape index (κ3) is 6.13. The molecule has 1 aromatic carbocycles. The highest BCUT2D eigenvalue weighted by atomic mass is 16.2. The molecule has 146 valence electrons. The van der Waals surface area contributed by atoms with Crippen molar-refractivity contribution >= 4 is 17.5 Å². The molecule has 26 heavy (non-hydrogen) atoms. The highest BCUT2D eigenvalue weighted by Crippen LogP contribution is 2.19.